The molecule has 0 bridgehead atoms. The second-order valence-electron chi connectivity index (χ2n) is 11.7. The van der Waals surface area contributed by atoms with Gasteiger partial charge in [0.2, 0.25) is 0 Å². The quantitative estimate of drug-likeness (QED) is 0.154. The van der Waals surface area contributed by atoms with Crippen molar-refractivity contribution in [1.82, 2.24) is 0 Å². The second kappa shape index (κ2) is 10.0. The van der Waals surface area contributed by atoms with Gasteiger partial charge in [-0.15, -0.1) is 0 Å². The smallest absolute Gasteiger partial charge is 0.328 e. The largest absolute Gasteiger partial charge is 0.376 e. The van der Waals surface area contributed by atoms with E-state index < -0.39 is 0 Å². The van der Waals surface area contributed by atoms with E-state index in [1.54, 1.807) is 0 Å². The minimum absolute atomic E-state index is 0.0597. The van der Waals surface area contributed by atoms with Gasteiger partial charge in [0, 0.05) is 16.9 Å². The highest BCUT2D eigenvalue weighted by atomic mass is 15.1. The van der Waals surface area contributed by atoms with Crippen molar-refractivity contribution in [2.45, 2.75) is 0 Å². The van der Waals surface area contributed by atoms with Gasteiger partial charge in [-0.1, -0.05) is 151 Å². The fourth-order valence-electron chi connectivity index (χ4n) is 7.35. The molecule has 0 aliphatic carbocycles. The Balaban J connectivity index is 1.25. The number of fused-ring (bicyclic) bond motifs is 9. The maximum atomic E-state index is 2.53. The highest BCUT2D eigenvalue weighted by Crippen LogP contribution is 2.41. The molecule has 1 aliphatic rings. The molecule has 0 amide bonds. The zero-order valence-corrected chi connectivity index (χ0v) is 24.2. The maximum Gasteiger partial charge on any atom is 0.328 e. The third-order valence-corrected chi connectivity index (χ3v) is 9.28. The minimum Gasteiger partial charge on any atom is -0.376 e. The summed E-state index contributed by atoms with van der Waals surface area (Å²) in [5, 5.41) is 7.80. The van der Waals surface area contributed by atoms with Crippen LogP contribution < -0.4 is 15.7 Å². The van der Waals surface area contributed by atoms with Crippen LogP contribution in [0.1, 0.15) is 0 Å². The Hall–Kier alpha value is -5.60. The van der Waals surface area contributed by atoms with Crippen LogP contribution in [0.2, 0.25) is 0 Å². The molecule has 0 spiro atoms. The topological polar surface area (TPSA) is 3.24 Å². The number of anilines is 2. The van der Waals surface area contributed by atoms with Crippen LogP contribution in [0.5, 0.6) is 0 Å². The number of nitrogens with zero attached hydrogens (tertiary/aromatic N) is 1. The highest BCUT2D eigenvalue weighted by Gasteiger charge is 2.36. The summed E-state index contributed by atoms with van der Waals surface area (Å²) in [6.45, 7) is 0.0597. The molecule has 1 aliphatic heterocycles. The van der Waals surface area contributed by atoms with Gasteiger partial charge in [-0.2, -0.15) is 0 Å². The SMILES string of the molecule is c1ccc(B2c3ccccc3-c3ccccc3N2c2cccc(-c3ccc4c5ccccc5c5ccccc5c4c3)c2)cc1. The molecule has 0 N–H and O–H groups in total. The van der Waals surface area contributed by atoms with Crippen LogP contribution in [0.3, 0.4) is 0 Å². The predicted molar refractivity (Wildman–Crippen MR) is 190 cm³/mol. The lowest BCUT2D eigenvalue weighted by Gasteiger charge is -2.39. The lowest BCUT2D eigenvalue weighted by Crippen LogP contribution is -2.57. The van der Waals surface area contributed by atoms with E-state index in [1.807, 2.05) is 0 Å². The first-order valence-corrected chi connectivity index (χ1v) is 15.3. The van der Waals surface area contributed by atoms with E-state index in [4.69, 9.17) is 0 Å². The van der Waals surface area contributed by atoms with Gasteiger partial charge in [-0.25, -0.2) is 0 Å². The van der Waals surface area contributed by atoms with Crippen LogP contribution in [0.25, 0.3) is 54.6 Å². The Morgan fingerprint density at radius 3 is 1.68 bits per heavy atom. The molecule has 204 valence electrons. The summed E-state index contributed by atoms with van der Waals surface area (Å²) < 4.78 is 0. The Morgan fingerprint density at radius 2 is 0.932 bits per heavy atom. The van der Waals surface area contributed by atoms with Gasteiger partial charge in [-0.05, 0) is 78.7 Å². The Bertz CT molecular complexity index is 2320. The molecule has 44 heavy (non-hydrogen) atoms. The molecule has 0 saturated carbocycles. The molecule has 8 aromatic rings. The second-order valence-corrected chi connectivity index (χ2v) is 11.7. The Morgan fingerprint density at radius 1 is 0.364 bits per heavy atom. The molecule has 2 heteroatoms. The van der Waals surface area contributed by atoms with Gasteiger partial charge in [-0.3, -0.25) is 0 Å². The molecular formula is C42H28BN. The lowest BCUT2D eigenvalue weighted by atomic mass is 9.46. The summed E-state index contributed by atoms with van der Waals surface area (Å²) in [4.78, 5) is 2.53. The van der Waals surface area contributed by atoms with Crippen LogP contribution in [-0.2, 0) is 0 Å². The van der Waals surface area contributed by atoms with E-state index in [-0.39, 0.29) is 6.85 Å². The normalized spacial score (nSPS) is 12.5. The summed E-state index contributed by atoms with van der Waals surface area (Å²) >= 11 is 0. The minimum atomic E-state index is 0.0597. The Labute approximate surface area is 257 Å². The average Bonchev–Trinajstić information content (AvgIpc) is 3.11. The van der Waals surface area contributed by atoms with Crippen molar-refractivity contribution in [2.24, 2.45) is 0 Å². The molecule has 1 nitrogen and oxygen atoms in total. The van der Waals surface area contributed by atoms with E-state index in [2.05, 4.69) is 175 Å². The average molecular weight is 558 g/mol. The van der Waals surface area contributed by atoms with Gasteiger partial charge in [0.25, 0.3) is 0 Å². The summed E-state index contributed by atoms with van der Waals surface area (Å²) in [5.41, 5.74) is 10.0. The standard InChI is InChI=1S/C42H28BN/c1-2-14-31(15-3-1)43-41-23-10-8-21-38(41)39-22-9-11-24-42(39)44(43)32-16-12-13-29(27-32)30-25-26-37-35-19-5-4-17-33(35)34-18-6-7-20-36(34)40(37)28-30/h1-28H. The number of hydrogen-bond donors (Lipinski definition) is 0. The first-order valence-electron chi connectivity index (χ1n) is 15.3. The highest BCUT2D eigenvalue weighted by molar-refractivity contribution is 6.90. The molecule has 9 rings (SSSR count). The third kappa shape index (κ3) is 3.81. The van der Waals surface area contributed by atoms with Crippen LogP contribution >= 0.6 is 0 Å². The zero-order valence-electron chi connectivity index (χ0n) is 24.2. The van der Waals surface area contributed by atoms with Crippen molar-refractivity contribution < 1.29 is 0 Å². The van der Waals surface area contributed by atoms with Crippen LogP contribution in [0.4, 0.5) is 11.4 Å². The number of hydrogen-bond acceptors (Lipinski definition) is 1. The predicted octanol–water partition coefficient (Wildman–Crippen LogP) is 9.74. The fourth-order valence-corrected chi connectivity index (χ4v) is 7.35. The number of rotatable bonds is 3. The molecule has 0 atom stereocenters. The molecule has 1 heterocycles. The van der Waals surface area contributed by atoms with Gasteiger partial charge in [0.1, 0.15) is 0 Å². The first kappa shape index (κ1) is 25.0. The van der Waals surface area contributed by atoms with Crippen molar-refractivity contribution >= 4 is 61.5 Å². The maximum absolute atomic E-state index is 2.53. The van der Waals surface area contributed by atoms with Gasteiger partial charge in [0.05, 0.1) is 0 Å². The van der Waals surface area contributed by atoms with Crippen LogP contribution in [0.15, 0.2) is 170 Å². The van der Waals surface area contributed by atoms with Crippen molar-refractivity contribution in [3.8, 4) is 22.3 Å². The van der Waals surface area contributed by atoms with Crippen LogP contribution in [-0.4, -0.2) is 6.85 Å². The molecular weight excluding hydrogens is 529 g/mol. The number of para-hydroxylation sites is 1. The van der Waals surface area contributed by atoms with Gasteiger partial charge < -0.3 is 4.81 Å². The van der Waals surface area contributed by atoms with E-state index in [9.17, 15) is 0 Å². The van der Waals surface area contributed by atoms with Crippen molar-refractivity contribution in [3.63, 3.8) is 0 Å². The van der Waals surface area contributed by atoms with Gasteiger partial charge in [0.15, 0.2) is 0 Å². The first-order chi connectivity index (χ1) is 21.8. The number of benzene rings is 8. The summed E-state index contributed by atoms with van der Waals surface area (Å²) in [6.07, 6.45) is 0. The molecule has 0 fully saturated rings. The monoisotopic (exact) mass is 557 g/mol. The molecule has 0 radical (unpaired) electrons. The molecule has 0 unspecified atom stereocenters. The van der Waals surface area contributed by atoms with Crippen molar-refractivity contribution in [1.29, 1.82) is 0 Å². The van der Waals surface area contributed by atoms with E-state index in [0.29, 0.717) is 0 Å². The van der Waals surface area contributed by atoms with Gasteiger partial charge >= 0.3 is 6.85 Å². The molecule has 0 saturated heterocycles. The molecule has 0 aromatic heterocycles. The van der Waals surface area contributed by atoms with E-state index in [0.717, 1.165) is 0 Å². The van der Waals surface area contributed by atoms with Crippen LogP contribution in [0, 0.1) is 0 Å². The lowest BCUT2D eigenvalue weighted by molar-refractivity contribution is 1.36. The third-order valence-electron chi connectivity index (χ3n) is 9.28. The fraction of sp³-hybridized carbons (Fsp3) is 0. The summed E-state index contributed by atoms with van der Waals surface area (Å²) in [7, 11) is 0. The van der Waals surface area contributed by atoms with Crippen molar-refractivity contribution in [2.75, 3.05) is 4.81 Å². The zero-order chi connectivity index (χ0) is 29.0. The van der Waals surface area contributed by atoms with E-state index >= 15 is 0 Å². The summed E-state index contributed by atoms with van der Waals surface area (Å²) in [5.74, 6) is 0. The Kier molecular flexibility index (Phi) is 5.67. The molecule has 8 aromatic carbocycles. The summed E-state index contributed by atoms with van der Waals surface area (Å²) in [6, 6.07) is 62.3. The van der Waals surface area contributed by atoms with Crippen molar-refractivity contribution in [3.05, 3.63) is 170 Å². The van der Waals surface area contributed by atoms with E-state index in [1.165, 1.54) is 76.9 Å².